The molecule has 1 saturated heterocycles. The second-order valence-electron chi connectivity index (χ2n) is 10.5. The Labute approximate surface area is 203 Å². The largest absolute Gasteiger partial charge is 0.358 e. The third-order valence-corrected chi connectivity index (χ3v) is 8.46. The van der Waals surface area contributed by atoms with Gasteiger partial charge in [-0.2, -0.15) is 0 Å². The van der Waals surface area contributed by atoms with Crippen molar-refractivity contribution in [3.05, 3.63) is 35.9 Å². The summed E-state index contributed by atoms with van der Waals surface area (Å²) in [6, 6.07) is 10.7. The second-order valence-corrected chi connectivity index (χ2v) is 10.5. The van der Waals surface area contributed by atoms with Crippen molar-refractivity contribution in [2.45, 2.75) is 56.0 Å². The van der Waals surface area contributed by atoms with E-state index in [1.54, 1.807) is 4.90 Å². The zero-order chi connectivity index (χ0) is 24.3. The lowest BCUT2D eigenvalue weighted by Crippen LogP contribution is -2.56. The van der Waals surface area contributed by atoms with Crippen molar-refractivity contribution in [2.24, 2.45) is 5.92 Å². The van der Waals surface area contributed by atoms with Crippen LogP contribution in [0.2, 0.25) is 0 Å². The van der Waals surface area contributed by atoms with E-state index in [1.165, 1.54) is 31.9 Å². The van der Waals surface area contributed by atoms with Gasteiger partial charge in [0.05, 0.1) is 12.1 Å². The quantitative estimate of drug-likeness (QED) is 0.611. The Kier molecular flexibility index (Phi) is 7.17. The van der Waals surface area contributed by atoms with E-state index in [4.69, 9.17) is 0 Å². The topological polar surface area (TPSA) is 85.0 Å². The van der Waals surface area contributed by atoms with E-state index in [9.17, 15) is 14.4 Å². The Balaban J connectivity index is 1.51. The highest BCUT2D eigenvalue weighted by molar-refractivity contribution is 5.88. The van der Waals surface area contributed by atoms with Crippen molar-refractivity contribution in [3.63, 3.8) is 0 Å². The molecule has 4 amide bonds. The fraction of sp³-hybridized carbons (Fsp3) is 0.654. The SMILES string of the molecule is CNC(=O)CNC(=O)CN1C[C@]2(CC[C@@](c3ccccc3)(N(C)C)CC2)N(CC2CCC2)C1=O. The van der Waals surface area contributed by atoms with Crippen molar-refractivity contribution < 1.29 is 14.4 Å². The number of urea groups is 1. The number of nitrogens with one attached hydrogen (secondary N) is 2. The number of amides is 4. The summed E-state index contributed by atoms with van der Waals surface area (Å²) in [6.07, 6.45) is 7.35. The van der Waals surface area contributed by atoms with E-state index < -0.39 is 0 Å². The molecule has 0 atom stereocenters. The first-order valence-corrected chi connectivity index (χ1v) is 12.6. The number of nitrogens with zero attached hydrogens (tertiary/aromatic N) is 3. The Morgan fingerprint density at radius 2 is 1.74 bits per heavy atom. The van der Waals surface area contributed by atoms with Crippen molar-refractivity contribution in [1.29, 1.82) is 0 Å². The van der Waals surface area contributed by atoms with Gasteiger partial charge in [0.2, 0.25) is 11.8 Å². The van der Waals surface area contributed by atoms with E-state index >= 15 is 0 Å². The van der Waals surface area contributed by atoms with Crippen molar-refractivity contribution in [3.8, 4) is 0 Å². The van der Waals surface area contributed by atoms with Crippen LogP contribution in [0.3, 0.4) is 0 Å². The predicted molar refractivity (Wildman–Crippen MR) is 131 cm³/mol. The summed E-state index contributed by atoms with van der Waals surface area (Å²) in [7, 11) is 5.84. The van der Waals surface area contributed by atoms with Gasteiger partial charge >= 0.3 is 6.03 Å². The number of carbonyl (C=O) groups is 3. The van der Waals surface area contributed by atoms with E-state index in [2.05, 4.69) is 64.9 Å². The van der Waals surface area contributed by atoms with Gasteiger partial charge in [-0.15, -0.1) is 0 Å². The first-order chi connectivity index (χ1) is 16.3. The van der Waals surface area contributed by atoms with E-state index in [0.717, 1.165) is 32.2 Å². The van der Waals surface area contributed by atoms with Crippen LogP contribution in [0.25, 0.3) is 0 Å². The van der Waals surface area contributed by atoms with Gasteiger partial charge in [0.1, 0.15) is 6.54 Å². The van der Waals surface area contributed by atoms with Gasteiger partial charge in [-0.1, -0.05) is 36.8 Å². The standard InChI is InChI=1S/C26H39N5O3/c1-27-22(32)16-28-23(33)18-30-19-25(31(24(30)34)17-20-8-7-9-20)12-14-26(15-13-25,29(2)3)21-10-5-4-6-11-21/h4-6,10-11,20H,7-9,12-19H2,1-3H3,(H,27,32)(H,28,33)/t25-,26-. The zero-order valence-electron chi connectivity index (χ0n) is 20.8. The van der Waals surface area contributed by atoms with Gasteiger partial charge < -0.3 is 20.4 Å². The molecule has 2 saturated carbocycles. The van der Waals surface area contributed by atoms with Gasteiger partial charge in [0.15, 0.2) is 0 Å². The van der Waals surface area contributed by atoms with Crippen molar-refractivity contribution in [1.82, 2.24) is 25.3 Å². The maximum Gasteiger partial charge on any atom is 0.321 e. The van der Waals surface area contributed by atoms with Crippen LogP contribution in [0.1, 0.15) is 50.5 Å². The summed E-state index contributed by atoms with van der Waals surface area (Å²) in [4.78, 5) is 43.7. The molecule has 1 spiro atoms. The van der Waals surface area contributed by atoms with Gasteiger partial charge in [-0.25, -0.2) is 4.79 Å². The van der Waals surface area contributed by atoms with E-state index in [0.29, 0.717) is 12.5 Å². The first-order valence-electron chi connectivity index (χ1n) is 12.6. The molecule has 0 aromatic heterocycles. The monoisotopic (exact) mass is 469 g/mol. The molecule has 0 bridgehead atoms. The highest BCUT2D eigenvalue weighted by Crippen LogP contribution is 2.49. The summed E-state index contributed by atoms with van der Waals surface area (Å²) in [5, 5.41) is 5.12. The van der Waals surface area contributed by atoms with Crippen LogP contribution >= 0.6 is 0 Å². The molecule has 3 aliphatic rings. The molecular formula is C26H39N5O3. The highest BCUT2D eigenvalue weighted by Gasteiger charge is 2.55. The number of rotatable bonds is 8. The molecule has 1 aliphatic heterocycles. The van der Waals surface area contributed by atoms with Crippen LogP contribution in [0.4, 0.5) is 4.79 Å². The second kappa shape index (κ2) is 9.94. The average Bonchev–Trinajstić information content (AvgIpc) is 3.05. The molecule has 8 heteroatoms. The Morgan fingerprint density at radius 3 is 2.29 bits per heavy atom. The number of hydrogen-bond acceptors (Lipinski definition) is 4. The molecule has 1 aromatic rings. The third-order valence-electron chi connectivity index (χ3n) is 8.46. The fourth-order valence-electron chi connectivity index (χ4n) is 6.01. The lowest BCUT2D eigenvalue weighted by molar-refractivity contribution is -0.126. The molecule has 1 heterocycles. The number of benzene rings is 1. The van der Waals surface area contributed by atoms with Gasteiger partial charge in [-0.05, 0) is 64.1 Å². The van der Waals surface area contributed by atoms with Crippen LogP contribution in [-0.4, -0.2) is 85.4 Å². The molecule has 3 fully saturated rings. The Morgan fingerprint density at radius 1 is 1.06 bits per heavy atom. The maximum atomic E-state index is 13.5. The minimum atomic E-state index is -0.291. The number of hydrogen-bond donors (Lipinski definition) is 2. The van der Waals surface area contributed by atoms with Gasteiger partial charge in [0.25, 0.3) is 0 Å². The summed E-state index contributed by atoms with van der Waals surface area (Å²) >= 11 is 0. The molecule has 186 valence electrons. The molecule has 0 radical (unpaired) electrons. The summed E-state index contributed by atoms with van der Waals surface area (Å²) in [5.74, 6) is 0.0234. The van der Waals surface area contributed by atoms with Crippen LogP contribution in [0.15, 0.2) is 30.3 Å². The third kappa shape index (κ3) is 4.65. The number of likely N-dealkylation sites (N-methyl/N-ethyl adjacent to an activating group) is 1. The first kappa shape index (κ1) is 24.5. The van der Waals surface area contributed by atoms with Gasteiger partial charge in [0, 0.05) is 25.7 Å². The van der Waals surface area contributed by atoms with Crippen LogP contribution < -0.4 is 10.6 Å². The lowest BCUT2D eigenvalue weighted by Gasteiger charge is -2.51. The minimum absolute atomic E-state index is 0.00372. The molecule has 4 rings (SSSR count). The zero-order valence-corrected chi connectivity index (χ0v) is 20.8. The Hall–Kier alpha value is -2.61. The summed E-state index contributed by atoms with van der Waals surface area (Å²) < 4.78 is 0. The normalized spacial score (nSPS) is 27.2. The molecule has 1 aromatic carbocycles. The predicted octanol–water partition coefficient (Wildman–Crippen LogP) is 2.16. The minimum Gasteiger partial charge on any atom is -0.358 e. The molecular weight excluding hydrogens is 430 g/mol. The van der Waals surface area contributed by atoms with Crippen LogP contribution in [-0.2, 0) is 15.1 Å². The molecule has 2 aliphatic carbocycles. The molecule has 2 N–H and O–H groups in total. The van der Waals surface area contributed by atoms with E-state index in [-0.39, 0.29) is 42.0 Å². The maximum absolute atomic E-state index is 13.5. The molecule has 0 unspecified atom stereocenters. The van der Waals surface area contributed by atoms with E-state index in [1.807, 2.05) is 0 Å². The lowest BCUT2D eigenvalue weighted by atomic mass is 9.68. The highest BCUT2D eigenvalue weighted by atomic mass is 16.2. The van der Waals surface area contributed by atoms with Crippen molar-refractivity contribution in [2.75, 3.05) is 47.3 Å². The van der Waals surface area contributed by atoms with Crippen molar-refractivity contribution >= 4 is 17.8 Å². The summed E-state index contributed by atoms with van der Waals surface area (Å²) in [6.45, 7) is 1.28. The summed E-state index contributed by atoms with van der Waals surface area (Å²) in [5.41, 5.74) is 1.05. The van der Waals surface area contributed by atoms with Crippen LogP contribution in [0.5, 0.6) is 0 Å². The van der Waals surface area contributed by atoms with Crippen LogP contribution in [0, 0.1) is 5.92 Å². The fourth-order valence-corrected chi connectivity index (χ4v) is 6.01. The molecule has 8 nitrogen and oxygen atoms in total. The smallest absolute Gasteiger partial charge is 0.321 e. The Bertz CT molecular complexity index is 891. The average molecular weight is 470 g/mol. The molecule has 34 heavy (non-hydrogen) atoms. The van der Waals surface area contributed by atoms with Gasteiger partial charge in [-0.3, -0.25) is 14.5 Å². The number of carbonyl (C=O) groups excluding carboxylic acids is 3.